The van der Waals surface area contributed by atoms with Crippen LogP contribution in [0.2, 0.25) is 0 Å². The average molecular weight is 909 g/mol. The molecule has 3 aromatic heterocycles. The van der Waals surface area contributed by atoms with Crippen LogP contribution in [0.15, 0.2) is 163 Å². The van der Waals surface area contributed by atoms with E-state index in [0.29, 0.717) is 11.8 Å². The number of fused-ring (bicyclic) bond motifs is 4. The summed E-state index contributed by atoms with van der Waals surface area (Å²) in [6, 6.07) is 43.5. The van der Waals surface area contributed by atoms with Gasteiger partial charge in [-0.1, -0.05) is 168 Å². The second kappa shape index (κ2) is 17.1. The lowest BCUT2D eigenvalue weighted by molar-refractivity contribution is -0.560. The highest BCUT2D eigenvalue weighted by atomic mass is 16.5. The molecule has 0 aliphatic heterocycles. The van der Waals surface area contributed by atoms with Gasteiger partial charge in [0, 0.05) is 28.7 Å². The van der Waals surface area contributed by atoms with E-state index in [4.69, 9.17) is 9.72 Å². The van der Waals surface area contributed by atoms with Crippen molar-refractivity contribution < 1.29 is 9.30 Å². The lowest BCUT2D eigenvalue weighted by Crippen LogP contribution is -2.37. The third-order valence-corrected chi connectivity index (χ3v) is 14.6. The molecule has 0 unspecified atom stereocenters. The minimum Gasteiger partial charge on any atom is -0.458 e. The third kappa shape index (κ3) is 8.93. The number of hydrogen-bond acceptors (Lipinski definition) is 2. The van der Waals surface area contributed by atoms with E-state index in [-0.39, 0.29) is 21.7 Å². The lowest BCUT2D eigenvalue weighted by atomic mass is 9.71. The Balaban J connectivity index is 1.10. The molecule has 350 valence electrons. The summed E-state index contributed by atoms with van der Waals surface area (Å²) in [6.07, 6.45) is 19.8. The summed E-state index contributed by atoms with van der Waals surface area (Å²) in [5.74, 6) is 3.20. The highest BCUT2D eigenvalue weighted by Gasteiger charge is 2.33. The van der Waals surface area contributed by atoms with E-state index in [9.17, 15) is 0 Å². The topological polar surface area (TPSA) is 35.9 Å². The first-order chi connectivity index (χ1) is 32.7. The smallest absolute Gasteiger partial charge is 0.269 e. The Morgan fingerprint density at radius 2 is 1.38 bits per heavy atom. The van der Waals surface area contributed by atoms with Crippen LogP contribution in [-0.2, 0) is 5.41 Å². The van der Waals surface area contributed by atoms with Gasteiger partial charge in [0.1, 0.15) is 17.3 Å². The summed E-state index contributed by atoms with van der Waals surface area (Å²) in [4.78, 5) is 4.98. The quantitative estimate of drug-likeness (QED) is 0.118. The van der Waals surface area contributed by atoms with Crippen LogP contribution in [0.25, 0.3) is 66.7 Å². The van der Waals surface area contributed by atoms with Gasteiger partial charge in [-0.3, -0.25) is 13.7 Å². The molecule has 69 heavy (non-hydrogen) atoms. The van der Waals surface area contributed by atoms with Crippen molar-refractivity contribution >= 4 is 44.1 Å². The van der Waals surface area contributed by atoms with Gasteiger partial charge in [0.15, 0.2) is 0 Å². The molecule has 2 atom stereocenters. The fraction of sp³-hybridized carbons (Fsp3) is 0.312. The van der Waals surface area contributed by atoms with Crippen molar-refractivity contribution in [2.24, 2.45) is 28.1 Å². The maximum absolute atomic E-state index is 6.90. The number of aromatic nitrogens is 4. The Morgan fingerprint density at radius 1 is 0.623 bits per heavy atom. The molecule has 5 nitrogen and oxygen atoms in total. The Labute approximate surface area is 410 Å². The Bertz CT molecular complexity index is 3400. The molecule has 0 fully saturated rings. The van der Waals surface area contributed by atoms with Crippen molar-refractivity contribution in [3.8, 4) is 34.1 Å². The van der Waals surface area contributed by atoms with E-state index in [0.717, 1.165) is 57.8 Å². The molecular formula is C64H68N4O. The van der Waals surface area contributed by atoms with Gasteiger partial charge >= 0.3 is 0 Å². The summed E-state index contributed by atoms with van der Waals surface area (Å²) in [6.45, 7) is 27.9. The highest BCUT2D eigenvalue weighted by Crippen LogP contribution is 2.44. The summed E-state index contributed by atoms with van der Waals surface area (Å²) in [7, 11) is 0. The van der Waals surface area contributed by atoms with Crippen LogP contribution in [0, 0.1) is 34.4 Å². The first-order valence-corrected chi connectivity index (χ1v) is 24.9. The maximum Gasteiger partial charge on any atom is 0.269 e. The molecule has 0 saturated carbocycles. The van der Waals surface area contributed by atoms with E-state index in [1.807, 2.05) is 6.20 Å². The first kappa shape index (κ1) is 46.0. The van der Waals surface area contributed by atoms with E-state index in [1.165, 1.54) is 50.0 Å². The molecule has 10 rings (SSSR count). The monoisotopic (exact) mass is 909 g/mol. The standard InChI is InChI=1S/C64H68N4O/c1-61(2,3)45-22-16-21-44(33-45)53-25-18-26-57-60(53)67(50-36-47(63(7,8)9)35-48(37-50)64(10,11)12)41-66(57)49-23-17-24-51(39-49)69-52-28-29-54-55-34-43(42-19-14-13-15-20-42)27-30-56(55)68(58(54)40-52)59-38-46(31-32-65-59)62(4,5)6/h13-32,34-36,38-40,45,48H,33,37H2,1-12H3/t45-,48-/m0/s1. The third-order valence-electron chi connectivity index (χ3n) is 14.6. The average Bonchev–Trinajstić information content (AvgIpc) is 3.87. The number of rotatable bonds is 7. The molecule has 2 aliphatic carbocycles. The second-order valence-electron chi connectivity index (χ2n) is 23.7. The van der Waals surface area contributed by atoms with Crippen LogP contribution in [0.4, 0.5) is 0 Å². The molecule has 0 N–H and O–H groups in total. The number of hydrogen-bond donors (Lipinski definition) is 0. The predicted octanol–water partition coefficient (Wildman–Crippen LogP) is 16.9. The summed E-state index contributed by atoms with van der Waals surface area (Å²) >= 11 is 0. The van der Waals surface area contributed by atoms with Crippen molar-refractivity contribution in [2.45, 2.75) is 101 Å². The SMILES string of the molecule is CC(C)(C)C1=C[C@H](C(C)(C)C)CC([n+]2[c-]n(-c3cccc(Oc4ccc5c6cc(-c7ccccc7)ccc6n(-c6cc(C(C)(C)C)ccn6)c5c4)c3)c3cccc(C4=CC=C[C@H](C(C)(C)C)C4)c32)=C1. The number of allylic oxidation sites excluding steroid dienone is 8. The van der Waals surface area contributed by atoms with Gasteiger partial charge in [-0.05, 0) is 140 Å². The normalized spacial score (nSPS) is 17.1. The number of ether oxygens (including phenoxy) is 1. The van der Waals surface area contributed by atoms with Crippen LogP contribution < -0.4 is 9.30 Å². The minimum atomic E-state index is -0.0338. The van der Waals surface area contributed by atoms with Gasteiger partial charge in [-0.2, -0.15) is 0 Å². The number of para-hydroxylation sites is 1. The number of pyridine rings is 1. The van der Waals surface area contributed by atoms with Crippen molar-refractivity contribution in [3.63, 3.8) is 0 Å². The van der Waals surface area contributed by atoms with Gasteiger partial charge in [0.05, 0.1) is 27.8 Å². The zero-order valence-corrected chi connectivity index (χ0v) is 42.8. The zero-order chi connectivity index (χ0) is 48.6. The van der Waals surface area contributed by atoms with Crippen LogP contribution in [0.3, 0.4) is 0 Å². The Morgan fingerprint density at radius 3 is 2.12 bits per heavy atom. The van der Waals surface area contributed by atoms with Crippen molar-refractivity contribution in [1.82, 2.24) is 14.1 Å². The van der Waals surface area contributed by atoms with Gasteiger partial charge < -0.3 is 4.74 Å². The van der Waals surface area contributed by atoms with E-state index in [2.05, 4.69) is 255 Å². The van der Waals surface area contributed by atoms with E-state index in [1.54, 1.807) is 0 Å². The summed E-state index contributed by atoms with van der Waals surface area (Å²) in [5, 5.41) is 2.32. The molecule has 8 aromatic rings. The number of benzene rings is 5. The van der Waals surface area contributed by atoms with Crippen LogP contribution >= 0.6 is 0 Å². The zero-order valence-electron chi connectivity index (χ0n) is 42.8. The van der Waals surface area contributed by atoms with Crippen LogP contribution in [0.1, 0.15) is 107 Å². The minimum absolute atomic E-state index is 0.00528. The van der Waals surface area contributed by atoms with Gasteiger partial charge in [-0.15, -0.1) is 0 Å². The molecule has 0 spiro atoms. The molecule has 5 heteroatoms. The molecule has 0 radical (unpaired) electrons. The summed E-state index contributed by atoms with van der Waals surface area (Å²) in [5.41, 5.74) is 14.5. The van der Waals surface area contributed by atoms with E-state index >= 15 is 0 Å². The fourth-order valence-corrected chi connectivity index (χ4v) is 10.2. The fourth-order valence-electron chi connectivity index (χ4n) is 10.2. The summed E-state index contributed by atoms with van der Waals surface area (Å²) < 4.78 is 13.8. The number of nitrogens with zero attached hydrogens (tertiary/aromatic N) is 4. The van der Waals surface area contributed by atoms with Crippen molar-refractivity contribution in [3.05, 3.63) is 181 Å². The van der Waals surface area contributed by atoms with Crippen molar-refractivity contribution in [1.29, 1.82) is 0 Å². The molecule has 0 saturated heterocycles. The Hall–Kier alpha value is -6.72. The number of imidazole rings is 1. The van der Waals surface area contributed by atoms with Gasteiger partial charge in [0.2, 0.25) is 0 Å². The maximum atomic E-state index is 6.90. The van der Waals surface area contributed by atoms with Gasteiger partial charge in [-0.25, -0.2) is 4.98 Å². The molecule has 0 amide bonds. The first-order valence-electron chi connectivity index (χ1n) is 24.9. The van der Waals surface area contributed by atoms with Gasteiger partial charge in [0.25, 0.3) is 6.33 Å². The van der Waals surface area contributed by atoms with Crippen LogP contribution in [0.5, 0.6) is 11.5 Å². The predicted molar refractivity (Wildman–Crippen MR) is 289 cm³/mol. The molecule has 5 aromatic carbocycles. The molecular weight excluding hydrogens is 841 g/mol. The van der Waals surface area contributed by atoms with Crippen molar-refractivity contribution in [2.75, 3.05) is 0 Å². The largest absolute Gasteiger partial charge is 0.458 e. The van der Waals surface area contributed by atoms with E-state index < -0.39 is 0 Å². The van der Waals surface area contributed by atoms with Crippen LogP contribution in [-0.4, -0.2) is 14.1 Å². The second-order valence-corrected chi connectivity index (χ2v) is 23.7. The molecule has 0 bridgehead atoms. The Kier molecular flexibility index (Phi) is 11.4. The highest BCUT2D eigenvalue weighted by molar-refractivity contribution is 6.10. The lowest BCUT2D eigenvalue weighted by Gasteiger charge is -2.36. The molecule has 3 heterocycles. The molecule has 2 aliphatic rings.